The minimum absolute atomic E-state index is 0.238. The number of hydrogen-bond acceptors (Lipinski definition) is 5. The van der Waals surface area contributed by atoms with E-state index in [1.807, 2.05) is 30.3 Å². The molecular weight excluding hydrogens is 429 g/mol. The first kappa shape index (κ1) is 21.6. The van der Waals surface area contributed by atoms with Gasteiger partial charge in [-0.25, -0.2) is 4.39 Å². The molecule has 162 valence electrons. The SMILES string of the molecule is COc1cc(/C=C2\SC(=O)N(Cc3ccccc3)C2=O)ccc1OCc1ccc(F)cc1. The Bertz CT molecular complexity index is 1160. The number of methoxy groups -OCH3 is 1. The molecule has 0 spiro atoms. The number of hydrogen-bond donors (Lipinski definition) is 0. The van der Waals surface area contributed by atoms with Gasteiger partial charge in [-0.2, -0.15) is 0 Å². The number of nitrogens with zero attached hydrogens (tertiary/aromatic N) is 1. The largest absolute Gasteiger partial charge is 0.493 e. The van der Waals surface area contributed by atoms with E-state index in [9.17, 15) is 14.0 Å². The van der Waals surface area contributed by atoms with Crippen LogP contribution in [0.25, 0.3) is 6.08 Å². The number of thioether (sulfide) groups is 1. The zero-order valence-corrected chi connectivity index (χ0v) is 18.1. The summed E-state index contributed by atoms with van der Waals surface area (Å²) in [6.45, 7) is 0.497. The van der Waals surface area contributed by atoms with Gasteiger partial charge in [0.15, 0.2) is 11.5 Å². The van der Waals surface area contributed by atoms with E-state index in [1.165, 1.54) is 24.1 Å². The van der Waals surface area contributed by atoms with Gasteiger partial charge >= 0.3 is 0 Å². The van der Waals surface area contributed by atoms with Gasteiger partial charge in [0.1, 0.15) is 12.4 Å². The quantitative estimate of drug-likeness (QED) is 0.436. The summed E-state index contributed by atoms with van der Waals surface area (Å²) < 4.78 is 24.3. The lowest BCUT2D eigenvalue weighted by Crippen LogP contribution is -2.27. The second-order valence-electron chi connectivity index (χ2n) is 7.08. The van der Waals surface area contributed by atoms with Crippen LogP contribution in [0.1, 0.15) is 16.7 Å². The zero-order valence-electron chi connectivity index (χ0n) is 17.3. The Morgan fingerprint density at radius 2 is 1.69 bits per heavy atom. The highest BCUT2D eigenvalue weighted by atomic mass is 32.2. The lowest BCUT2D eigenvalue weighted by molar-refractivity contribution is -0.123. The van der Waals surface area contributed by atoms with Crippen molar-refractivity contribution in [1.82, 2.24) is 4.90 Å². The lowest BCUT2D eigenvalue weighted by atomic mass is 10.1. The van der Waals surface area contributed by atoms with Crippen molar-refractivity contribution in [1.29, 1.82) is 0 Å². The molecule has 4 rings (SSSR count). The van der Waals surface area contributed by atoms with Gasteiger partial charge in [-0.3, -0.25) is 14.5 Å². The van der Waals surface area contributed by atoms with E-state index in [0.29, 0.717) is 22.0 Å². The highest BCUT2D eigenvalue weighted by Gasteiger charge is 2.35. The second kappa shape index (κ2) is 9.70. The molecule has 3 aromatic carbocycles. The van der Waals surface area contributed by atoms with Crippen molar-refractivity contribution >= 4 is 29.0 Å². The van der Waals surface area contributed by atoms with E-state index in [4.69, 9.17) is 9.47 Å². The highest BCUT2D eigenvalue weighted by molar-refractivity contribution is 8.18. The van der Waals surface area contributed by atoms with Gasteiger partial charge < -0.3 is 9.47 Å². The Balaban J connectivity index is 1.48. The molecule has 1 fully saturated rings. The number of imide groups is 1. The number of carbonyl (C=O) groups is 2. The van der Waals surface area contributed by atoms with E-state index in [1.54, 1.807) is 36.4 Å². The molecule has 0 saturated carbocycles. The first-order valence-corrected chi connectivity index (χ1v) is 10.7. The normalized spacial score (nSPS) is 14.8. The van der Waals surface area contributed by atoms with Crippen LogP contribution in [0, 0.1) is 5.82 Å². The van der Waals surface area contributed by atoms with Crippen LogP contribution in [0.4, 0.5) is 9.18 Å². The van der Waals surface area contributed by atoms with Crippen LogP contribution < -0.4 is 9.47 Å². The fourth-order valence-electron chi connectivity index (χ4n) is 3.19. The molecule has 0 aromatic heterocycles. The molecule has 0 bridgehead atoms. The number of amides is 2. The fourth-order valence-corrected chi connectivity index (χ4v) is 4.03. The second-order valence-corrected chi connectivity index (χ2v) is 8.07. The minimum atomic E-state index is -0.320. The summed E-state index contributed by atoms with van der Waals surface area (Å²) in [7, 11) is 1.53. The highest BCUT2D eigenvalue weighted by Crippen LogP contribution is 2.35. The Morgan fingerprint density at radius 1 is 0.938 bits per heavy atom. The molecular formula is C25H20FNO4S. The fraction of sp³-hybridized carbons (Fsp3) is 0.120. The Hall–Kier alpha value is -3.58. The number of benzene rings is 3. The zero-order chi connectivity index (χ0) is 22.5. The van der Waals surface area contributed by atoms with Crippen LogP contribution in [0.3, 0.4) is 0 Å². The van der Waals surface area contributed by atoms with Gasteiger partial charge in [0.2, 0.25) is 0 Å². The standard InChI is InChI=1S/C25H20FNO4S/c1-30-22-13-19(9-12-21(22)31-16-18-7-10-20(26)11-8-18)14-23-24(28)27(25(29)32-23)15-17-5-3-2-4-6-17/h2-14H,15-16H2,1H3/b23-14-. The molecule has 5 nitrogen and oxygen atoms in total. The third kappa shape index (κ3) is 5.00. The summed E-state index contributed by atoms with van der Waals surface area (Å²) in [5.41, 5.74) is 2.42. The third-order valence-electron chi connectivity index (χ3n) is 4.85. The van der Waals surface area contributed by atoms with Crippen molar-refractivity contribution in [2.45, 2.75) is 13.2 Å². The van der Waals surface area contributed by atoms with E-state index in [-0.39, 0.29) is 30.1 Å². The van der Waals surface area contributed by atoms with Crippen molar-refractivity contribution < 1.29 is 23.5 Å². The maximum absolute atomic E-state index is 13.0. The maximum atomic E-state index is 13.0. The average Bonchev–Trinajstić information content (AvgIpc) is 3.07. The van der Waals surface area contributed by atoms with Gasteiger partial charge in [0.05, 0.1) is 18.6 Å². The van der Waals surface area contributed by atoms with Crippen LogP contribution in [0.5, 0.6) is 11.5 Å². The van der Waals surface area contributed by atoms with Crippen LogP contribution in [-0.2, 0) is 17.9 Å². The molecule has 0 radical (unpaired) electrons. The van der Waals surface area contributed by atoms with Gasteiger partial charge in [-0.05, 0) is 58.8 Å². The van der Waals surface area contributed by atoms with Crippen LogP contribution in [0.15, 0.2) is 77.7 Å². The summed E-state index contributed by atoms with van der Waals surface area (Å²) in [6, 6.07) is 20.7. The molecule has 1 aliphatic rings. The summed E-state index contributed by atoms with van der Waals surface area (Å²) in [5.74, 6) is 0.388. The van der Waals surface area contributed by atoms with Gasteiger partial charge in [-0.15, -0.1) is 0 Å². The molecule has 32 heavy (non-hydrogen) atoms. The van der Waals surface area contributed by atoms with Gasteiger partial charge in [0, 0.05) is 0 Å². The Morgan fingerprint density at radius 3 is 2.41 bits per heavy atom. The average molecular weight is 450 g/mol. The molecule has 1 aliphatic heterocycles. The molecule has 3 aromatic rings. The summed E-state index contributed by atoms with van der Waals surface area (Å²) >= 11 is 0.918. The first-order valence-electron chi connectivity index (χ1n) is 9.88. The Kier molecular flexibility index (Phi) is 6.56. The molecule has 0 atom stereocenters. The van der Waals surface area contributed by atoms with Crippen molar-refractivity contribution in [3.8, 4) is 11.5 Å². The molecule has 7 heteroatoms. The summed E-state index contributed by atoms with van der Waals surface area (Å²) in [6.07, 6.45) is 1.67. The van der Waals surface area contributed by atoms with Crippen LogP contribution in [0.2, 0.25) is 0 Å². The van der Waals surface area contributed by atoms with Gasteiger partial charge in [-0.1, -0.05) is 48.5 Å². The Labute approximate surface area is 189 Å². The third-order valence-corrected chi connectivity index (χ3v) is 5.76. The van der Waals surface area contributed by atoms with Gasteiger partial charge in [0.25, 0.3) is 11.1 Å². The smallest absolute Gasteiger partial charge is 0.293 e. The van der Waals surface area contributed by atoms with Crippen molar-refractivity contribution in [2.24, 2.45) is 0 Å². The topological polar surface area (TPSA) is 55.8 Å². The molecule has 0 N–H and O–H groups in total. The summed E-state index contributed by atoms with van der Waals surface area (Å²) in [5, 5.41) is -0.295. The van der Waals surface area contributed by atoms with E-state index in [2.05, 4.69) is 0 Å². The predicted molar refractivity (Wildman–Crippen MR) is 122 cm³/mol. The molecule has 0 unspecified atom stereocenters. The van der Waals surface area contributed by atoms with E-state index >= 15 is 0 Å². The number of carbonyl (C=O) groups excluding carboxylic acids is 2. The van der Waals surface area contributed by atoms with E-state index < -0.39 is 0 Å². The van der Waals surface area contributed by atoms with Crippen molar-refractivity contribution in [2.75, 3.05) is 7.11 Å². The lowest BCUT2D eigenvalue weighted by Gasteiger charge is -2.12. The van der Waals surface area contributed by atoms with Crippen LogP contribution >= 0.6 is 11.8 Å². The van der Waals surface area contributed by atoms with Crippen molar-refractivity contribution in [3.63, 3.8) is 0 Å². The maximum Gasteiger partial charge on any atom is 0.293 e. The molecule has 2 amide bonds. The monoisotopic (exact) mass is 449 g/mol. The molecule has 1 saturated heterocycles. The van der Waals surface area contributed by atoms with Crippen molar-refractivity contribution in [3.05, 3.63) is 100 Å². The van der Waals surface area contributed by atoms with E-state index in [0.717, 1.165) is 22.9 Å². The first-order chi connectivity index (χ1) is 15.5. The number of halogens is 1. The minimum Gasteiger partial charge on any atom is -0.493 e. The molecule has 1 heterocycles. The predicted octanol–water partition coefficient (Wildman–Crippen LogP) is 5.65. The number of ether oxygens (including phenoxy) is 2. The molecule has 0 aliphatic carbocycles. The number of rotatable bonds is 7. The summed E-state index contributed by atoms with van der Waals surface area (Å²) in [4.78, 5) is 26.7. The van der Waals surface area contributed by atoms with Crippen LogP contribution in [-0.4, -0.2) is 23.2 Å².